The molecule has 19 heavy (non-hydrogen) atoms. The lowest BCUT2D eigenvalue weighted by molar-refractivity contribution is 0.230. The number of benzene rings is 1. The Morgan fingerprint density at radius 2 is 1.89 bits per heavy atom. The first-order chi connectivity index (χ1) is 8.78. The first kappa shape index (κ1) is 16.0. The third-order valence-corrected chi connectivity index (χ3v) is 3.30. The highest BCUT2D eigenvalue weighted by Gasteiger charge is 2.27. The molecule has 108 valence electrons. The lowest BCUT2D eigenvalue weighted by atomic mass is 9.76. The van der Waals surface area contributed by atoms with E-state index in [1.807, 2.05) is 19.9 Å². The minimum Gasteiger partial charge on any atom is -0.488 e. The summed E-state index contributed by atoms with van der Waals surface area (Å²) in [6.45, 7) is 10.7. The lowest BCUT2D eigenvalue weighted by Crippen LogP contribution is -2.33. The molecule has 3 heteroatoms. The average Bonchev–Trinajstić information content (AvgIpc) is 2.30. The summed E-state index contributed by atoms with van der Waals surface area (Å²) in [5.74, 6) is 0.514. The van der Waals surface area contributed by atoms with E-state index in [2.05, 4.69) is 20.8 Å². The molecule has 0 saturated heterocycles. The highest BCUT2D eigenvalue weighted by Crippen LogP contribution is 2.32. The highest BCUT2D eigenvalue weighted by atomic mass is 19.1. The Kier molecular flexibility index (Phi) is 5.36. The Balaban J connectivity index is 3.04. The normalized spacial score (nSPS) is 14.8. The molecular formula is C16H26FNO. The summed E-state index contributed by atoms with van der Waals surface area (Å²) in [6, 6.07) is 5.20. The van der Waals surface area contributed by atoms with Crippen molar-refractivity contribution in [2.75, 3.05) is 6.54 Å². The van der Waals surface area contributed by atoms with Crippen LogP contribution in [0.15, 0.2) is 18.2 Å². The van der Waals surface area contributed by atoms with Crippen LogP contribution in [0.2, 0.25) is 0 Å². The molecule has 0 saturated carbocycles. The fourth-order valence-electron chi connectivity index (χ4n) is 2.45. The second-order valence-corrected chi connectivity index (χ2v) is 6.17. The first-order valence-corrected chi connectivity index (χ1v) is 6.95. The van der Waals surface area contributed by atoms with Gasteiger partial charge in [-0.3, -0.25) is 0 Å². The van der Waals surface area contributed by atoms with E-state index in [4.69, 9.17) is 10.5 Å². The first-order valence-electron chi connectivity index (χ1n) is 6.95. The molecule has 0 bridgehead atoms. The van der Waals surface area contributed by atoms with Gasteiger partial charge in [-0.15, -0.1) is 0 Å². The van der Waals surface area contributed by atoms with E-state index in [-0.39, 0.29) is 17.3 Å². The molecular weight excluding hydrogens is 241 g/mol. The van der Waals surface area contributed by atoms with E-state index in [0.29, 0.717) is 18.2 Å². The maximum Gasteiger partial charge on any atom is 0.165 e. The van der Waals surface area contributed by atoms with Gasteiger partial charge >= 0.3 is 0 Å². The third-order valence-electron chi connectivity index (χ3n) is 3.30. The molecule has 0 fully saturated rings. The Morgan fingerprint density at radius 3 is 2.32 bits per heavy atom. The van der Waals surface area contributed by atoms with Gasteiger partial charge in [0.2, 0.25) is 0 Å². The molecule has 1 atom stereocenters. The number of hydrogen-bond acceptors (Lipinski definition) is 2. The van der Waals surface area contributed by atoms with Gasteiger partial charge in [-0.25, -0.2) is 4.39 Å². The number of ether oxygens (including phenoxy) is 1. The van der Waals surface area contributed by atoms with Crippen LogP contribution in [-0.2, 0) is 5.41 Å². The van der Waals surface area contributed by atoms with Gasteiger partial charge in [-0.2, -0.15) is 0 Å². The van der Waals surface area contributed by atoms with Gasteiger partial charge in [0.05, 0.1) is 6.10 Å². The van der Waals surface area contributed by atoms with Gasteiger partial charge in [-0.05, 0) is 43.9 Å². The van der Waals surface area contributed by atoms with Gasteiger partial charge in [0.15, 0.2) is 11.6 Å². The molecule has 0 aromatic heterocycles. The molecule has 2 nitrogen and oxygen atoms in total. The SMILES string of the molecule is CC(C)CC(C)(CN)c1ccc(OC(C)C)c(F)c1. The maximum atomic E-state index is 14.0. The molecule has 0 heterocycles. The smallest absolute Gasteiger partial charge is 0.165 e. The van der Waals surface area contributed by atoms with Crippen LogP contribution in [0.5, 0.6) is 5.75 Å². The zero-order valence-electron chi connectivity index (χ0n) is 12.7. The largest absolute Gasteiger partial charge is 0.488 e. The zero-order valence-corrected chi connectivity index (χ0v) is 12.7. The summed E-state index contributed by atoms with van der Waals surface area (Å²) < 4.78 is 19.5. The summed E-state index contributed by atoms with van der Waals surface area (Å²) in [5, 5.41) is 0. The molecule has 0 aliphatic rings. The van der Waals surface area contributed by atoms with Crippen molar-refractivity contribution in [1.82, 2.24) is 0 Å². The third kappa shape index (κ3) is 4.20. The summed E-state index contributed by atoms with van der Waals surface area (Å²) in [5.41, 5.74) is 6.66. The lowest BCUT2D eigenvalue weighted by Gasteiger charge is -2.31. The Labute approximate surface area is 116 Å². The Hall–Kier alpha value is -1.09. The zero-order chi connectivity index (χ0) is 14.6. The van der Waals surface area contributed by atoms with E-state index in [1.54, 1.807) is 12.1 Å². The summed E-state index contributed by atoms with van der Waals surface area (Å²) >= 11 is 0. The predicted octanol–water partition coefficient (Wildman–Crippen LogP) is 3.88. The fraction of sp³-hybridized carbons (Fsp3) is 0.625. The molecule has 1 unspecified atom stereocenters. The van der Waals surface area contributed by atoms with Crippen LogP contribution in [0.1, 0.15) is 46.6 Å². The van der Waals surface area contributed by atoms with Crippen molar-refractivity contribution in [1.29, 1.82) is 0 Å². The maximum absolute atomic E-state index is 14.0. The van der Waals surface area contributed by atoms with E-state index in [0.717, 1.165) is 12.0 Å². The van der Waals surface area contributed by atoms with Gasteiger partial charge in [0.1, 0.15) is 0 Å². The average molecular weight is 267 g/mol. The van der Waals surface area contributed by atoms with Gasteiger partial charge in [-0.1, -0.05) is 26.8 Å². The van der Waals surface area contributed by atoms with Gasteiger partial charge < -0.3 is 10.5 Å². The quantitative estimate of drug-likeness (QED) is 0.849. The second kappa shape index (κ2) is 6.38. The van der Waals surface area contributed by atoms with Crippen LogP contribution < -0.4 is 10.5 Å². The molecule has 1 aromatic rings. The number of hydrogen-bond donors (Lipinski definition) is 1. The van der Waals surface area contributed by atoms with Crippen molar-refractivity contribution < 1.29 is 9.13 Å². The molecule has 1 rings (SSSR count). The van der Waals surface area contributed by atoms with E-state index in [9.17, 15) is 4.39 Å². The van der Waals surface area contributed by atoms with Crippen LogP contribution in [0.4, 0.5) is 4.39 Å². The standard InChI is InChI=1S/C16H26FNO/c1-11(2)9-16(5,10-18)13-6-7-15(14(17)8-13)19-12(3)4/h6-8,11-12H,9-10,18H2,1-5H3. The predicted molar refractivity (Wildman–Crippen MR) is 78.0 cm³/mol. The van der Waals surface area contributed by atoms with Crippen LogP contribution in [0.3, 0.4) is 0 Å². The van der Waals surface area contributed by atoms with Crippen LogP contribution in [0, 0.1) is 11.7 Å². The van der Waals surface area contributed by atoms with E-state index < -0.39 is 0 Å². The summed E-state index contributed by atoms with van der Waals surface area (Å²) in [6.07, 6.45) is 0.907. The van der Waals surface area contributed by atoms with Gasteiger partial charge in [0, 0.05) is 12.0 Å². The molecule has 0 radical (unpaired) electrons. The van der Waals surface area contributed by atoms with Crippen molar-refractivity contribution in [3.05, 3.63) is 29.6 Å². The molecule has 0 spiro atoms. The minimum atomic E-state index is -0.311. The van der Waals surface area contributed by atoms with Crippen molar-refractivity contribution in [3.63, 3.8) is 0 Å². The molecule has 0 aliphatic carbocycles. The summed E-state index contributed by atoms with van der Waals surface area (Å²) in [4.78, 5) is 0. The van der Waals surface area contributed by atoms with Gasteiger partial charge in [0.25, 0.3) is 0 Å². The summed E-state index contributed by atoms with van der Waals surface area (Å²) in [7, 11) is 0. The van der Waals surface area contributed by atoms with Crippen molar-refractivity contribution >= 4 is 0 Å². The number of nitrogens with two attached hydrogens (primary N) is 1. The number of halogens is 1. The highest BCUT2D eigenvalue weighted by molar-refractivity contribution is 5.34. The van der Waals surface area contributed by atoms with Crippen LogP contribution >= 0.6 is 0 Å². The van der Waals surface area contributed by atoms with E-state index >= 15 is 0 Å². The Bertz CT molecular complexity index is 417. The Morgan fingerprint density at radius 1 is 1.26 bits per heavy atom. The topological polar surface area (TPSA) is 35.2 Å². The minimum absolute atomic E-state index is 0.0306. The fourth-order valence-corrected chi connectivity index (χ4v) is 2.45. The van der Waals surface area contributed by atoms with Crippen molar-refractivity contribution in [3.8, 4) is 5.75 Å². The molecule has 0 amide bonds. The monoisotopic (exact) mass is 267 g/mol. The molecule has 2 N–H and O–H groups in total. The molecule has 1 aromatic carbocycles. The van der Waals surface area contributed by atoms with Crippen LogP contribution in [0.25, 0.3) is 0 Å². The van der Waals surface area contributed by atoms with Crippen molar-refractivity contribution in [2.45, 2.75) is 52.6 Å². The van der Waals surface area contributed by atoms with Crippen molar-refractivity contribution in [2.24, 2.45) is 11.7 Å². The molecule has 0 aliphatic heterocycles. The van der Waals surface area contributed by atoms with E-state index in [1.165, 1.54) is 0 Å². The number of rotatable bonds is 6. The van der Waals surface area contributed by atoms with Crippen LogP contribution in [-0.4, -0.2) is 12.6 Å². The second-order valence-electron chi connectivity index (χ2n) is 6.17.